The van der Waals surface area contributed by atoms with Gasteiger partial charge in [-0.25, -0.2) is 0 Å². The third-order valence-corrected chi connectivity index (χ3v) is 7.88. The molecule has 1 aliphatic heterocycles. The van der Waals surface area contributed by atoms with Crippen molar-refractivity contribution in [3.05, 3.63) is 106 Å². The average Bonchev–Trinajstić information content (AvgIpc) is 3.14. The first kappa shape index (κ1) is 22.4. The van der Waals surface area contributed by atoms with Crippen LogP contribution in [-0.2, 0) is 19.1 Å². The van der Waals surface area contributed by atoms with Gasteiger partial charge in [0.15, 0.2) is 6.61 Å². The molecule has 7 rings (SSSR count). The monoisotopic (exact) mass is 479 g/mol. The van der Waals surface area contributed by atoms with E-state index in [1.165, 1.54) is 0 Å². The normalized spacial score (nSPS) is 23.2. The highest BCUT2D eigenvalue weighted by Gasteiger charge is 2.61. The molecule has 3 aromatic rings. The smallest absolute Gasteiger partial charge is 0.326 e. The highest BCUT2D eigenvalue weighted by Crippen LogP contribution is 2.60. The number of aryl methyl sites for hydroxylation is 2. The van der Waals surface area contributed by atoms with Crippen molar-refractivity contribution in [1.29, 1.82) is 0 Å². The largest absolute Gasteiger partial charge is 0.456 e. The van der Waals surface area contributed by atoms with Crippen molar-refractivity contribution < 1.29 is 23.9 Å². The van der Waals surface area contributed by atoms with Crippen molar-refractivity contribution in [2.75, 3.05) is 13.2 Å². The zero-order valence-corrected chi connectivity index (χ0v) is 20.1. The Hall–Kier alpha value is -4.06. The quantitative estimate of drug-likeness (QED) is 0.315. The number of ether oxygens (including phenoxy) is 1. The Morgan fingerprint density at radius 1 is 0.778 bits per heavy atom. The van der Waals surface area contributed by atoms with Gasteiger partial charge < -0.3 is 4.74 Å². The fourth-order valence-corrected chi connectivity index (χ4v) is 6.33. The lowest BCUT2D eigenvalue weighted by atomic mass is 9.55. The summed E-state index contributed by atoms with van der Waals surface area (Å²) in [5, 5.41) is 0. The maximum absolute atomic E-state index is 13.6. The standard InChI is InChI=1S/C30H25NO5/c1-16-11-12-17(2)22(13-16)23(32)15-36-24(33)14-31-29(34)27-25-18-7-3-4-8-19(18)26(28(27)30(31)35)21-10-6-5-9-20(21)25/h3-13,25-28H,14-15H2,1-2H3/t25?,26?,27-,28+. The molecule has 1 saturated heterocycles. The van der Waals surface area contributed by atoms with Crippen LogP contribution in [0.5, 0.6) is 0 Å². The summed E-state index contributed by atoms with van der Waals surface area (Å²) < 4.78 is 5.22. The zero-order valence-electron chi connectivity index (χ0n) is 20.1. The Morgan fingerprint density at radius 3 is 1.78 bits per heavy atom. The summed E-state index contributed by atoms with van der Waals surface area (Å²) in [6.07, 6.45) is 0. The Labute approximate surface area is 208 Å². The summed E-state index contributed by atoms with van der Waals surface area (Å²) in [5.41, 5.74) is 6.53. The molecule has 3 aliphatic carbocycles. The topological polar surface area (TPSA) is 80.8 Å². The van der Waals surface area contributed by atoms with Crippen LogP contribution >= 0.6 is 0 Å². The minimum absolute atomic E-state index is 0.226. The van der Waals surface area contributed by atoms with Gasteiger partial charge in [-0.15, -0.1) is 0 Å². The van der Waals surface area contributed by atoms with Crippen LogP contribution in [0.2, 0.25) is 0 Å². The number of nitrogens with zero attached hydrogens (tertiary/aromatic N) is 1. The van der Waals surface area contributed by atoms with Crippen molar-refractivity contribution in [3.8, 4) is 0 Å². The second-order valence-corrected chi connectivity index (χ2v) is 9.93. The molecule has 2 amide bonds. The number of esters is 1. The van der Waals surface area contributed by atoms with Gasteiger partial charge in [-0.05, 0) is 47.7 Å². The summed E-state index contributed by atoms with van der Waals surface area (Å²) >= 11 is 0. The van der Waals surface area contributed by atoms with Crippen molar-refractivity contribution in [1.82, 2.24) is 4.90 Å². The maximum atomic E-state index is 13.6. The first-order chi connectivity index (χ1) is 17.4. The number of imide groups is 1. The van der Waals surface area contributed by atoms with Gasteiger partial charge in [-0.2, -0.15) is 0 Å². The number of hydrogen-bond acceptors (Lipinski definition) is 5. The summed E-state index contributed by atoms with van der Waals surface area (Å²) in [6, 6.07) is 21.5. The van der Waals surface area contributed by atoms with E-state index in [0.717, 1.165) is 38.3 Å². The van der Waals surface area contributed by atoms with Crippen LogP contribution in [-0.4, -0.2) is 41.6 Å². The van der Waals surface area contributed by atoms with Gasteiger partial charge in [-0.3, -0.25) is 24.1 Å². The molecule has 0 spiro atoms. The summed E-state index contributed by atoms with van der Waals surface area (Å²) in [4.78, 5) is 53.5. The number of amides is 2. The molecule has 3 aromatic carbocycles. The lowest BCUT2D eigenvalue weighted by molar-refractivity contribution is -0.152. The number of ketones is 1. The first-order valence-electron chi connectivity index (χ1n) is 12.2. The Bertz CT molecular complexity index is 1340. The van der Waals surface area contributed by atoms with Crippen LogP contribution in [0.3, 0.4) is 0 Å². The number of hydrogen-bond donors (Lipinski definition) is 0. The predicted molar refractivity (Wildman–Crippen MR) is 131 cm³/mol. The second-order valence-electron chi connectivity index (χ2n) is 9.93. The van der Waals surface area contributed by atoms with Gasteiger partial charge in [0, 0.05) is 17.4 Å². The molecular formula is C30H25NO5. The van der Waals surface area contributed by atoms with Crippen molar-refractivity contribution in [3.63, 3.8) is 0 Å². The molecule has 6 nitrogen and oxygen atoms in total. The van der Waals surface area contributed by atoms with E-state index < -0.39 is 31.0 Å². The molecule has 0 saturated carbocycles. The van der Waals surface area contributed by atoms with Gasteiger partial charge in [-0.1, -0.05) is 66.2 Å². The molecule has 36 heavy (non-hydrogen) atoms. The van der Waals surface area contributed by atoms with Crippen LogP contribution in [0.1, 0.15) is 55.6 Å². The molecule has 1 heterocycles. The van der Waals surface area contributed by atoms with Crippen molar-refractivity contribution in [2.24, 2.45) is 11.8 Å². The van der Waals surface area contributed by atoms with Crippen LogP contribution in [0.15, 0.2) is 66.7 Å². The van der Waals surface area contributed by atoms with E-state index in [9.17, 15) is 19.2 Å². The van der Waals surface area contributed by atoms with Crippen LogP contribution < -0.4 is 0 Å². The molecule has 0 N–H and O–H groups in total. The van der Waals surface area contributed by atoms with E-state index in [0.29, 0.717) is 5.56 Å². The van der Waals surface area contributed by atoms with Gasteiger partial charge in [0.05, 0.1) is 11.8 Å². The molecule has 6 heteroatoms. The minimum atomic E-state index is -0.767. The van der Waals surface area contributed by atoms with E-state index in [1.54, 1.807) is 6.07 Å². The number of likely N-dealkylation sites (tertiary alicyclic amines) is 1. The SMILES string of the molecule is Cc1ccc(C)c(C(=O)COC(=O)CN2C(=O)[C@@H]3C4c5ccccc5C(c5ccccc54)[C@@H]3C2=O)c1. The lowest BCUT2D eigenvalue weighted by Crippen LogP contribution is -2.41. The van der Waals surface area contributed by atoms with Gasteiger partial charge in [0.2, 0.25) is 17.6 Å². The second kappa shape index (κ2) is 8.26. The number of benzene rings is 3. The minimum Gasteiger partial charge on any atom is -0.456 e. The van der Waals surface area contributed by atoms with Gasteiger partial charge in [0.1, 0.15) is 6.54 Å². The number of carbonyl (C=O) groups is 4. The number of rotatable bonds is 5. The summed E-state index contributed by atoms with van der Waals surface area (Å²) in [5.74, 6) is -3.32. The van der Waals surface area contributed by atoms with Crippen LogP contribution in [0, 0.1) is 25.7 Å². The van der Waals surface area contributed by atoms with Gasteiger partial charge >= 0.3 is 5.97 Å². The van der Waals surface area contributed by atoms with E-state index in [1.807, 2.05) is 74.5 Å². The Morgan fingerprint density at radius 2 is 1.28 bits per heavy atom. The molecule has 0 aromatic heterocycles. The van der Waals surface area contributed by atoms with Crippen LogP contribution in [0.25, 0.3) is 0 Å². The van der Waals surface area contributed by atoms with E-state index in [-0.39, 0.29) is 29.4 Å². The molecule has 0 unspecified atom stereocenters. The lowest BCUT2D eigenvalue weighted by Gasteiger charge is -2.45. The molecule has 4 aliphatic rings. The number of Topliss-reactive ketones (excluding diaryl/α,β-unsaturated/α-hetero) is 1. The Balaban J connectivity index is 1.23. The summed E-state index contributed by atoms with van der Waals surface area (Å²) in [6.45, 7) is 2.78. The predicted octanol–water partition coefficient (Wildman–Crippen LogP) is 3.92. The first-order valence-corrected chi connectivity index (χ1v) is 12.2. The van der Waals surface area contributed by atoms with Crippen molar-refractivity contribution in [2.45, 2.75) is 25.7 Å². The maximum Gasteiger partial charge on any atom is 0.326 e. The van der Waals surface area contributed by atoms with E-state index in [4.69, 9.17) is 4.74 Å². The molecule has 180 valence electrons. The van der Waals surface area contributed by atoms with E-state index >= 15 is 0 Å². The molecule has 2 bridgehead atoms. The number of carbonyl (C=O) groups excluding carboxylic acids is 4. The molecule has 0 radical (unpaired) electrons. The van der Waals surface area contributed by atoms with Crippen molar-refractivity contribution >= 4 is 23.6 Å². The highest BCUT2D eigenvalue weighted by molar-refractivity contribution is 6.09. The molecule has 2 atom stereocenters. The van der Waals surface area contributed by atoms with Gasteiger partial charge in [0.25, 0.3) is 0 Å². The third-order valence-electron chi connectivity index (χ3n) is 7.88. The fraction of sp³-hybridized carbons (Fsp3) is 0.267. The molecular weight excluding hydrogens is 454 g/mol. The van der Waals surface area contributed by atoms with Crippen LogP contribution in [0.4, 0.5) is 0 Å². The molecule has 1 fully saturated rings. The van der Waals surface area contributed by atoms with E-state index in [2.05, 4.69) is 0 Å². The average molecular weight is 480 g/mol. The fourth-order valence-electron chi connectivity index (χ4n) is 6.33. The zero-order chi connectivity index (χ0) is 25.1. The third kappa shape index (κ3) is 3.24. The highest BCUT2D eigenvalue weighted by atomic mass is 16.5. The Kier molecular flexibility index (Phi) is 5.14. The summed E-state index contributed by atoms with van der Waals surface area (Å²) in [7, 11) is 0.